The van der Waals surface area contributed by atoms with Crippen LogP contribution in [0.15, 0.2) is 48.8 Å². The van der Waals surface area contributed by atoms with Crippen LogP contribution in [0.25, 0.3) is 0 Å². The van der Waals surface area contributed by atoms with Crippen LogP contribution >= 0.6 is 0 Å². The summed E-state index contributed by atoms with van der Waals surface area (Å²) in [6.45, 7) is 5.20. The van der Waals surface area contributed by atoms with Gasteiger partial charge in [-0.3, -0.25) is 9.78 Å². The maximum Gasteiger partial charge on any atom is 0.228 e. The Hall–Kier alpha value is -2.40. The first-order chi connectivity index (χ1) is 16.5. The van der Waals surface area contributed by atoms with Crippen molar-refractivity contribution in [1.29, 1.82) is 0 Å². The monoisotopic (exact) mass is 463 g/mol. The molecule has 1 unspecified atom stereocenters. The predicted molar refractivity (Wildman–Crippen MR) is 137 cm³/mol. The molecule has 5 heteroatoms. The number of methoxy groups -OCH3 is 1. The Bertz CT molecular complexity index is 918. The average Bonchev–Trinajstić information content (AvgIpc) is 2.89. The number of amides is 1. The number of carbonyl (C=O) groups is 1. The van der Waals surface area contributed by atoms with Crippen molar-refractivity contribution in [3.63, 3.8) is 0 Å². The summed E-state index contributed by atoms with van der Waals surface area (Å²) in [5.41, 5.74) is 2.37. The standard InChI is InChI=1S/C29H41N3O2/c1-29(15-7-4-8-16-29)28(33)31(2)25(21-23-11-17-30-18-12-23)22-32-19-13-24(14-20-32)26-9-5-6-10-27(26)34-3/h5-6,9-12,17-18,24-25H,4,7-8,13-16,19-22H2,1-3H3. The highest BCUT2D eigenvalue weighted by molar-refractivity contribution is 5.82. The molecule has 0 spiro atoms. The molecule has 1 aliphatic carbocycles. The first-order valence-electron chi connectivity index (χ1n) is 13.0. The van der Waals surface area contributed by atoms with Crippen LogP contribution in [0, 0.1) is 5.41 Å². The minimum Gasteiger partial charge on any atom is -0.496 e. The van der Waals surface area contributed by atoms with E-state index in [2.05, 4.69) is 52.0 Å². The fraction of sp³-hybridized carbons (Fsp3) is 0.586. The Morgan fingerprint density at radius 3 is 2.47 bits per heavy atom. The number of likely N-dealkylation sites (tertiary alicyclic amines) is 1. The van der Waals surface area contributed by atoms with Crippen LogP contribution in [-0.4, -0.2) is 60.5 Å². The largest absolute Gasteiger partial charge is 0.496 e. The van der Waals surface area contributed by atoms with Crippen molar-refractivity contribution in [2.24, 2.45) is 5.41 Å². The molecular formula is C29H41N3O2. The van der Waals surface area contributed by atoms with Crippen molar-refractivity contribution in [3.8, 4) is 5.75 Å². The third kappa shape index (κ3) is 5.80. The molecule has 0 radical (unpaired) electrons. The molecule has 1 saturated carbocycles. The first kappa shape index (κ1) is 24.7. The zero-order valence-electron chi connectivity index (χ0n) is 21.2. The lowest BCUT2D eigenvalue weighted by atomic mass is 9.74. The number of piperidine rings is 1. The zero-order chi connectivity index (χ0) is 24.0. The van der Waals surface area contributed by atoms with Crippen LogP contribution < -0.4 is 4.74 Å². The van der Waals surface area contributed by atoms with E-state index in [-0.39, 0.29) is 11.5 Å². The van der Waals surface area contributed by atoms with Crippen LogP contribution in [0.1, 0.15) is 68.9 Å². The average molecular weight is 464 g/mol. The van der Waals surface area contributed by atoms with Gasteiger partial charge in [-0.15, -0.1) is 0 Å². The highest BCUT2D eigenvalue weighted by atomic mass is 16.5. The van der Waals surface area contributed by atoms with E-state index >= 15 is 0 Å². The summed E-state index contributed by atoms with van der Waals surface area (Å²) in [6.07, 6.45) is 12.5. The molecule has 1 aromatic heterocycles. The van der Waals surface area contributed by atoms with Gasteiger partial charge < -0.3 is 14.5 Å². The number of pyridine rings is 1. The molecule has 5 nitrogen and oxygen atoms in total. The fourth-order valence-corrected chi connectivity index (χ4v) is 5.98. The molecule has 4 rings (SSSR count). The van der Waals surface area contributed by atoms with Gasteiger partial charge in [-0.25, -0.2) is 0 Å². The highest BCUT2D eigenvalue weighted by Gasteiger charge is 2.39. The van der Waals surface area contributed by atoms with E-state index in [0.717, 1.165) is 57.5 Å². The summed E-state index contributed by atoms with van der Waals surface area (Å²) >= 11 is 0. The lowest BCUT2D eigenvalue weighted by Gasteiger charge is -2.41. The highest BCUT2D eigenvalue weighted by Crippen LogP contribution is 2.38. The third-order valence-electron chi connectivity index (χ3n) is 8.20. The summed E-state index contributed by atoms with van der Waals surface area (Å²) in [5.74, 6) is 1.87. The van der Waals surface area contributed by atoms with Gasteiger partial charge in [0.05, 0.1) is 7.11 Å². The molecular weight excluding hydrogens is 422 g/mol. The van der Waals surface area contributed by atoms with E-state index in [0.29, 0.717) is 11.8 Å². The quantitative estimate of drug-likeness (QED) is 0.532. The van der Waals surface area contributed by atoms with E-state index in [1.807, 2.05) is 25.5 Å². The topological polar surface area (TPSA) is 45.7 Å². The Balaban J connectivity index is 1.44. The maximum absolute atomic E-state index is 13.7. The second kappa shape index (κ2) is 11.4. The maximum atomic E-state index is 13.7. The Morgan fingerprint density at radius 1 is 1.12 bits per heavy atom. The predicted octanol–water partition coefficient (Wildman–Crippen LogP) is 5.31. The lowest BCUT2D eigenvalue weighted by Crippen LogP contribution is -2.52. The Labute approximate surface area is 205 Å². The minimum atomic E-state index is -0.208. The number of likely N-dealkylation sites (N-methyl/N-ethyl adjacent to an activating group) is 1. The van der Waals surface area contributed by atoms with Crippen LogP contribution in [0.3, 0.4) is 0 Å². The summed E-state index contributed by atoms with van der Waals surface area (Å²) in [6, 6.07) is 12.8. The van der Waals surface area contributed by atoms with E-state index in [4.69, 9.17) is 4.74 Å². The summed E-state index contributed by atoms with van der Waals surface area (Å²) in [4.78, 5) is 22.5. The SMILES string of the molecule is COc1ccccc1C1CCN(CC(Cc2ccncc2)N(C)C(=O)C2(C)CCCCC2)CC1. The number of para-hydroxylation sites is 1. The van der Waals surface area contributed by atoms with E-state index in [9.17, 15) is 4.79 Å². The number of nitrogens with zero attached hydrogens (tertiary/aromatic N) is 3. The molecule has 184 valence electrons. The number of hydrogen-bond donors (Lipinski definition) is 0. The van der Waals surface area contributed by atoms with Crippen LogP contribution in [0.4, 0.5) is 0 Å². The number of benzene rings is 1. The van der Waals surface area contributed by atoms with Crippen molar-refractivity contribution in [3.05, 3.63) is 59.9 Å². The summed E-state index contributed by atoms with van der Waals surface area (Å²) in [7, 11) is 3.80. The normalized spacial score (nSPS) is 20.0. The minimum absolute atomic E-state index is 0.163. The van der Waals surface area contributed by atoms with Gasteiger partial charge in [0, 0.05) is 37.4 Å². The number of hydrogen-bond acceptors (Lipinski definition) is 4. The van der Waals surface area contributed by atoms with Crippen LogP contribution in [-0.2, 0) is 11.2 Å². The zero-order valence-corrected chi connectivity index (χ0v) is 21.2. The van der Waals surface area contributed by atoms with Crippen LogP contribution in [0.5, 0.6) is 5.75 Å². The van der Waals surface area contributed by atoms with Gasteiger partial charge in [-0.2, -0.15) is 0 Å². The second-order valence-electron chi connectivity index (χ2n) is 10.6. The molecule has 1 aromatic carbocycles. The van der Waals surface area contributed by atoms with E-state index in [1.165, 1.54) is 30.4 Å². The summed E-state index contributed by atoms with van der Waals surface area (Å²) < 4.78 is 5.62. The molecule has 2 fully saturated rings. The van der Waals surface area contributed by atoms with Gasteiger partial charge in [-0.1, -0.05) is 44.4 Å². The molecule has 0 N–H and O–H groups in total. The van der Waals surface area contributed by atoms with Gasteiger partial charge in [0.2, 0.25) is 5.91 Å². The molecule has 1 aliphatic heterocycles. The Morgan fingerprint density at radius 2 is 1.79 bits per heavy atom. The fourth-order valence-electron chi connectivity index (χ4n) is 5.98. The number of carbonyl (C=O) groups excluding carboxylic acids is 1. The van der Waals surface area contributed by atoms with E-state index in [1.54, 1.807) is 7.11 Å². The van der Waals surface area contributed by atoms with Gasteiger partial charge >= 0.3 is 0 Å². The van der Waals surface area contributed by atoms with Crippen molar-refractivity contribution < 1.29 is 9.53 Å². The number of aromatic nitrogens is 1. The summed E-state index contributed by atoms with van der Waals surface area (Å²) in [5, 5.41) is 0. The molecule has 1 saturated heterocycles. The van der Waals surface area contributed by atoms with Gasteiger partial charge in [0.15, 0.2) is 0 Å². The smallest absolute Gasteiger partial charge is 0.228 e. The Kier molecular flexibility index (Phi) is 8.25. The molecule has 0 bridgehead atoms. The van der Waals surface area contributed by atoms with Crippen molar-refractivity contribution in [2.75, 3.05) is 33.8 Å². The van der Waals surface area contributed by atoms with Crippen molar-refractivity contribution in [2.45, 2.75) is 70.3 Å². The molecule has 2 aromatic rings. The van der Waals surface area contributed by atoms with Crippen LogP contribution in [0.2, 0.25) is 0 Å². The second-order valence-corrected chi connectivity index (χ2v) is 10.6. The van der Waals surface area contributed by atoms with Gasteiger partial charge in [-0.05, 0) is 80.4 Å². The van der Waals surface area contributed by atoms with Crippen molar-refractivity contribution in [1.82, 2.24) is 14.8 Å². The van der Waals surface area contributed by atoms with Gasteiger partial charge in [0.25, 0.3) is 0 Å². The van der Waals surface area contributed by atoms with E-state index < -0.39 is 0 Å². The molecule has 1 amide bonds. The molecule has 34 heavy (non-hydrogen) atoms. The lowest BCUT2D eigenvalue weighted by molar-refractivity contribution is -0.144. The number of rotatable bonds is 8. The third-order valence-corrected chi connectivity index (χ3v) is 8.20. The molecule has 2 heterocycles. The molecule has 1 atom stereocenters. The van der Waals surface area contributed by atoms with Gasteiger partial charge in [0.1, 0.15) is 5.75 Å². The number of ether oxygens (including phenoxy) is 1. The first-order valence-corrected chi connectivity index (χ1v) is 13.0. The molecule has 2 aliphatic rings. The van der Waals surface area contributed by atoms with Crippen molar-refractivity contribution >= 4 is 5.91 Å².